The summed E-state index contributed by atoms with van der Waals surface area (Å²) in [5.74, 6) is 54.7. The van der Waals surface area contributed by atoms with Crippen LogP contribution >= 0.6 is 0 Å². The monoisotopic (exact) mass is 1700 g/mol. The van der Waals surface area contributed by atoms with Gasteiger partial charge in [-0.2, -0.15) is 0 Å². The van der Waals surface area contributed by atoms with Gasteiger partial charge in [-0.05, 0) is 364 Å². The molecule has 5 heteroatoms. The average Bonchev–Trinajstić information content (AvgIpc) is 1.41. The van der Waals surface area contributed by atoms with E-state index in [0.29, 0.717) is 69.2 Å². The first-order valence-corrected chi connectivity index (χ1v) is 47.2. The fourth-order valence-electron chi connectivity index (χ4n) is 13.0. The van der Waals surface area contributed by atoms with Crippen LogP contribution in [0.4, 0.5) is 22.0 Å². The highest BCUT2D eigenvalue weighted by molar-refractivity contribution is 5.48. The van der Waals surface area contributed by atoms with Gasteiger partial charge in [0.2, 0.25) is 0 Å². The topological polar surface area (TPSA) is 0 Å². The van der Waals surface area contributed by atoms with Gasteiger partial charge in [0.1, 0.15) is 29.1 Å². The number of benzene rings is 8. The predicted octanol–water partition coefficient (Wildman–Crippen LogP) is 33.0. The quantitative estimate of drug-likeness (QED) is 0.0998. The van der Waals surface area contributed by atoms with Gasteiger partial charge in [-0.15, -0.1) is 0 Å². The third kappa shape index (κ3) is 34.8. The molecule has 0 N–H and O–H groups in total. The van der Waals surface area contributed by atoms with E-state index in [0.717, 1.165) is 79.6 Å². The second kappa shape index (κ2) is 43.8. The first kappa shape index (κ1) is 101. The number of hydrogen-bond acceptors (Lipinski definition) is 0. The van der Waals surface area contributed by atoms with Crippen molar-refractivity contribution in [1.82, 2.24) is 0 Å². The molecule has 0 spiro atoms. The minimum atomic E-state index is -0.184. The molecule has 8 fully saturated rings. The molecule has 8 aliphatic carbocycles. The van der Waals surface area contributed by atoms with Crippen molar-refractivity contribution < 1.29 is 22.0 Å². The van der Waals surface area contributed by atoms with E-state index in [-0.39, 0.29) is 62.1 Å². The largest absolute Gasteiger partial charge is 0.207 e. The molecule has 0 aliphatic heterocycles. The van der Waals surface area contributed by atoms with Crippen LogP contribution < -0.4 is 0 Å². The molecule has 0 heterocycles. The molecule has 0 unspecified atom stereocenters. The van der Waals surface area contributed by atoms with Crippen LogP contribution in [-0.2, 0) is 0 Å². The van der Waals surface area contributed by atoms with E-state index in [4.69, 9.17) is 0 Å². The van der Waals surface area contributed by atoms with Crippen molar-refractivity contribution in [3.63, 3.8) is 0 Å². The Bertz CT molecular complexity index is 5260. The summed E-state index contributed by atoms with van der Waals surface area (Å²) >= 11 is 0. The van der Waals surface area contributed by atoms with Crippen molar-refractivity contribution >= 4 is 0 Å². The molecule has 8 aromatic rings. The Hall–Kier alpha value is -10.1. The maximum absolute atomic E-state index is 14.0. The standard InChI is InChI=1S/C17H21F.4C15H17F.3C15H18/c1-12(2)15-9-14(10-16(18)11-15)5-6-17(7-8-17)13(3)4;3*1-11(2)13-8-12(9-14(16)10-13)4-5-15(3)6-7-15;1-11(2)13-6-4-5-12(14(13)16)7-8-15(3)9-10-15;3*1-12(2)14-6-4-5-13(11-14)7-8-15(3)9-10-15/h9-13H,7-8H2,1-4H3;3*8-11H,6-7H2,1-3H3;4-6,11H,9-10H2,1-3H3;3*4-6,11-12H,9-10H2,1-3H3. The Balaban J connectivity index is 0.000000164. The van der Waals surface area contributed by atoms with Crippen LogP contribution in [0.3, 0.4) is 0 Å². The second-order valence-electron chi connectivity index (χ2n) is 42.2. The van der Waals surface area contributed by atoms with Crippen molar-refractivity contribution in [2.75, 3.05) is 0 Å². The molecule has 0 nitrogen and oxygen atoms in total. The number of halogens is 5. The first-order valence-electron chi connectivity index (χ1n) is 47.2. The van der Waals surface area contributed by atoms with Gasteiger partial charge in [-0.3, -0.25) is 0 Å². The van der Waals surface area contributed by atoms with Crippen LogP contribution in [0, 0.1) is 173 Å². The molecule has 0 saturated heterocycles. The lowest BCUT2D eigenvalue weighted by molar-refractivity contribution is 0.464. The van der Waals surface area contributed by atoms with Crippen LogP contribution in [0.2, 0.25) is 0 Å². The summed E-state index contributed by atoms with van der Waals surface area (Å²) in [5, 5.41) is 0. The fourth-order valence-corrected chi connectivity index (χ4v) is 13.0. The van der Waals surface area contributed by atoms with Crippen molar-refractivity contribution in [2.24, 2.45) is 49.2 Å². The molecular formula is C122H143F5. The minimum absolute atomic E-state index is 0.144. The fraction of sp³-hybridized carbons (Fsp3) is 0.475. The molecule has 0 amide bonds. The summed E-state index contributed by atoms with van der Waals surface area (Å²) in [7, 11) is 0. The molecule has 8 aromatic carbocycles. The smallest absolute Gasteiger partial charge is 0.142 e. The normalized spacial score (nSPS) is 16.9. The molecule has 0 bridgehead atoms. The van der Waals surface area contributed by atoms with Crippen LogP contribution in [0.25, 0.3) is 0 Å². The van der Waals surface area contributed by atoms with Gasteiger partial charge in [-0.25, -0.2) is 22.0 Å². The second-order valence-corrected chi connectivity index (χ2v) is 42.2. The Morgan fingerprint density at radius 1 is 0.213 bits per heavy atom. The summed E-state index contributed by atoms with van der Waals surface area (Å²) in [5.41, 5.74) is 18.1. The molecule has 666 valence electrons. The molecular weight excluding hydrogens is 1560 g/mol. The zero-order valence-electron chi connectivity index (χ0n) is 81.5. The van der Waals surface area contributed by atoms with Gasteiger partial charge in [0.15, 0.2) is 0 Å². The third-order valence-corrected chi connectivity index (χ3v) is 25.6. The third-order valence-electron chi connectivity index (χ3n) is 25.6. The van der Waals surface area contributed by atoms with Crippen molar-refractivity contribution in [2.45, 2.75) is 323 Å². The lowest BCUT2D eigenvalue weighted by atomic mass is 9.92. The van der Waals surface area contributed by atoms with E-state index in [1.165, 1.54) is 131 Å². The molecule has 8 aliphatic rings. The Labute approximate surface area is 766 Å². The number of hydrogen-bond donors (Lipinski definition) is 0. The predicted molar refractivity (Wildman–Crippen MR) is 527 cm³/mol. The van der Waals surface area contributed by atoms with Crippen LogP contribution in [-0.4, -0.2) is 0 Å². The molecule has 8 saturated carbocycles. The first-order chi connectivity index (χ1) is 59.7. The van der Waals surface area contributed by atoms with E-state index < -0.39 is 0 Å². The van der Waals surface area contributed by atoms with E-state index in [1.807, 2.05) is 50.2 Å². The highest BCUT2D eigenvalue weighted by Gasteiger charge is 2.44. The summed E-state index contributed by atoms with van der Waals surface area (Å²) in [6.45, 7) is 53.6. The summed E-state index contributed by atoms with van der Waals surface area (Å²) in [6, 6.07) is 51.7. The summed E-state index contributed by atoms with van der Waals surface area (Å²) < 4.78 is 67.6. The van der Waals surface area contributed by atoms with E-state index in [1.54, 1.807) is 30.3 Å². The lowest BCUT2D eigenvalue weighted by Crippen LogP contribution is -2.05. The van der Waals surface area contributed by atoms with Gasteiger partial charge >= 0.3 is 0 Å². The highest BCUT2D eigenvalue weighted by Crippen LogP contribution is 2.52. The number of rotatable bonds is 9. The molecule has 0 radical (unpaired) electrons. The summed E-state index contributed by atoms with van der Waals surface area (Å²) in [6.07, 6.45) is 19.3. The van der Waals surface area contributed by atoms with Crippen molar-refractivity contribution in [3.05, 3.63) is 282 Å². The Kier molecular flexibility index (Phi) is 34.7. The van der Waals surface area contributed by atoms with Crippen LogP contribution in [0.1, 0.15) is 412 Å². The van der Waals surface area contributed by atoms with Gasteiger partial charge in [-0.1, -0.05) is 268 Å². The van der Waals surface area contributed by atoms with E-state index in [9.17, 15) is 22.0 Å². The maximum atomic E-state index is 14.0. The highest BCUT2D eigenvalue weighted by atomic mass is 19.1. The maximum Gasteiger partial charge on any atom is 0.142 e. The molecule has 0 atom stereocenters. The molecule has 0 aromatic heterocycles. The lowest BCUT2D eigenvalue weighted by Gasteiger charge is -2.11. The Morgan fingerprint density at radius 3 is 0.638 bits per heavy atom. The van der Waals surface area contributed by atoms with Gasteiger partial charge < -0.3 is 0 Å². The molecule has 127 heavy (non-hydrogen) atoms. The van der Waals surface area contributed by atoms with Gasteiger partial charge in [0.05, 0.1) is 5.56 Å². The van der Waals surface area contributed by atoms with Gasteiger partial charge in [0, 0.05) is 82.3 Å². The molecule has 16 rings (SSSR count). The van der Waals surface area contributed by atoms with Crippen molar-refractivity contribution in [3.8, 4) is 94.7 Å². The van der Waals surface area contributed by atoms with Crippen LogP contribution in [0.15, 0.2) is 164 Å². The minimum Gasteiger partial charge on any atom is -0.207 e. The van der Waals surface area contributed by atoms with E-state index >= 15 is 0 Å². The summed E-state index contributed by atoms with van der Waals surface area (Å²) in [4.78, 5) is 0. The zero-order valence-corrected chi connectivity index (χ0v) is 81.5. The van der Waals surface area contributed by atoms with Gasteiger partial charge in [0.25, 0.3) is 0 Å². The SMILES string of the molecule is CC(C)c1cc(F)cc(C#CC2(C(C)C)CC2)c1.CC(C)c1cc(F)cc(C#CC2(C)CC2)c1.CC(C)c1cc(F)cc(C#CC2(C)CC2)c1.CC(C)c1cc(F)cc(C#CC2(C)CC2)c1.CC(C)c1cccc(C#CC2(C)CC2)c1.CC(C)c1cccc(C#CC2(C)CC2)c1.CC(C)c1cccc(C#CC2(C)CC2)c1.CC(C)c1cccc(C#CC2(C)CC2)c1F. The zero-order chi connectivity index (χ0) is 93.0. The van der Waals surface area contributed by atoms with E-state index in [2.05, 4.69) is 327 Å². The van der Waals surface area contributed by atoms with Crippen LogP contribution in [0.5, 0.6) is 0 Å². The average molecular weight is 1700 g/mol. The van der Waals surface area contributed by atoms with Crippen molar-refractivity contribution in [1.29, 1.82) is 0 Å². The Morgan fingerprint density at radius 2 is 0.425 bits per heavy atom.